The summed E-state index contributed by atoms with van der Waals surface area (Å²) in [5.74, 6) is 0.0425. The molecular formula is C16H23ClN2O2. The molecule has 116 valence electrons. The van der Waals surface area contributed by atoms with Gasteiger partial charge in [0.15, 0.2) is 0 Å². The molecule has 1 aliphatic heterocycles. The fraction of sp³-hybridized carbons (Fsp3) is 0.562. The molecule has 2 rings (SSSR count). The number of rotatable bonds is 5. The van der Waals surface area contributed by atoms with Crippen LogP contribution in [0.2, 0.25) is 5.02 Å². The molecule has 1 aromatic rings. The molecule has 1 amide bonds. The summed E-state index contributed by atoms with van der Waals surface area (Å²) in [7, 11) is 0. The minimum Gasteiger partial charge on any atom is -0.364 e. The fourth-order valence-corrected chi connectivity index (χ4v) is 2.81. The molecule has 2 atom stereocenters. The van der Waals surface area contributed by atoms with E-state index in [1.807, 2.05) is 43.0 Å². The van der Waals surface area contributed by atoms with E-state index >= 15 is 0 Å². The van der Waals surface area contributed by atoms with Gasteiger partial charge in [-0.3, -0.25) is 4.79 Å². The van der Waals surface area contributed by atoms with E-state index in [1.54, 1.807) is 0 Å². The molecule has 4 nitrogen and oxygen atoms in total. The Morgan fingerprint density at radius 2 is 2.24 bits per heavy atom. The van der Waals surface area contributed by atoms with E-state index in [1.165, 1.54) is 0 Å². The summed E-state index contributed by atoms with van der Waals surface area (Å²) in [6.45, 7) is 5.04. The molecule has 0 unspecified atom stereocenters. The first-order valence-electron chi connectivity index (χ1n) is 7.41. The van der Waals surface area contributed by atoms with Crippen LogP contribution < -0.4 is 5.73 Å². The second-order valence-electron chi connectivity index (χ2n) is 5.75. The maximum Gasteiger partial charge on any atom is 0.252 e. The monoisotopic (exact) mass is 310 g/mol. The van der Waals surface area contributed by atoms with Gasteiger partial charge in [-0.25, -0.2) is 0 Å². The van der Waals surface area contributed by atoms with Gasteiger partial charge < -0.3 is 15.4 Å². The lowest BCUT2D eigenvalue weighted by atomic mass is 10.1. The number of nitrogens with zero attached hydrogens (tertiary/aromatic N) is 1. The van der Waals surface area contributed by atoms with Gasteiger partial charge in [0, 0.05) is 24.2 Å². The summed E-state index contributed by atoms with van der Waals surface area (Å²) >= 11 is 6.01. The van der Waals surface area contributed by atoms with Crippen molar-refractivity contribution in [3.63, 3.8) is 0 Å². The second kappa shape index (κ2) is 7.25. The summed E-state index contributed by atoms with van der Waals surface area (Å²) in [5, 5.41) is 0.684. The van der Waals surface area contributed by atoms with Crippen LogP contribution in [0.15, 0.2) is 24.3 Å². The number of halogens is 1. The van der Waals surface area contributed by atoms with Crippen LogP contribution in [0.3, 0.4) is 0 Å². The zero-order valence-corrected chi connectivity index (χ0v) is 13.3. The summed E-state index contributed by atoms with van der Waals surface area (Å²) in [5.41, 5.74) is 6.63. The van der Waals surface area contributed by atoms with Crippen LogP contribution in [0.4, 0.5) is 0 Å². The van der Waals surface area contributed by atoms with Gasteiger partial charge in [0.1, 0.15) is 6.10 Å². The highest BCUT2D eigenvalue weighted by atomic mass is 35.5. The molecule has 1 aromatic carbocycles. The zero-order valence-electron chi connectivity index (χ0n) is 12.6. The minimum absolute atomic E-state index is 0.0131. The highest BCUT2D eigenvalue weighted by Crippen LogP contribution is 2.23. The Labute approximate surface area is 131 Å². The molecule has 0 aromatic heterocycles. The second-order valence-corrected chi connectivity index (χ2v) is 6.19. The molecule has 0 aliphatic carbocycles. The molecule has 21 heavy (non-hydrogen) atoms. The van der Waals surface area contributed by atoms with Crippen molar-refractivity contribution >= 4 is 17.5 Å². The summed E-state index contributed by atoms with van der Waals surface area (Å²) in [4.78, 5) is 14.5. The smallest absolute Gasteiger partial charge is 0.252 e. The van der Waals surface area contributed by atoms with Crippen molar-refractivity contribution in [3.8, 4) is 0 Å². The highest BCUT2D eigenvalue weighted by Gasteiger charge is 2.33. The third kappa shape index (κ3) is 4.19. The van der Waals surface area contributed by atoms with Crippen LogP contribution in [-0.4, -0.2) is 35.6 Å². The van der Waals surface area contributed by atoms with Crippen molar-refractivity contribution in [2.75, 3.05) is 6.54 Å². The molecule has 2 N–H and O–H groups in total. The number of nitrogens with two attached hydrogens (primary N) is 1. The van der Waals surface area contributed by atoms with E-state index < -0.39 is 0 Å². The van der Waals surface area contributed by atoms with Gasteiger partial charge in [0.05, 0.1) is 6.10 Å². The Hall–Kier alpha value is -1.10. The van der Waals surface area contributed by atoms with E-state index in [0.717, 1.165) is 18.4 Å². The van der Waals surface area contributed by atoms with E-state index in [0.29, 0.717) is 18.1 Å². The van der Waals surface area contributed by atoms with E-state index in [4.69, 9.17) is 22.1 Å². The predicted molar refractivity (Wildman–Crippen MR) is 84.1 cm³/mol. The normalized spacial score (nSPS) is 21.8. The first-order valence-corrected chi connectivity index (χ1v) is 7.79. The quantitative estimate of drug-likeness (QED) is 0.909. The van der Waals surface area contributed by atoms with E-state index in [9.17, 15) is 4.79 Å². The number of hydrogen-bond acceptors (Lipinski definition) is 3. The fourth-order valence-electron chi connectivity index (χ4n) is 2.59. The molecule has 1 heterocycles. The number of benzene rings is 1. The summed E-state index contributed by atoms with van der Waals surface area (Å²) in [6, 6.07) is 7.71. The zero-order chi connectivity index (χ0) is 15.4. The van der Waals surface area contributed by atoms with Gasteiger partial charge in [0.2, 0.25) is 0 Å². The lowest BCUT2D eigenvalue weighted by molar-refractivity contribution is -0.145. The number of amides is 1. The van der Waals surface area contributed by atoms with Crippen LogP contribution in [0.1, 0.15) is 32.3 Å². The van der Waals surface area contributed by atoms with Crippen molar-refractivity contribution in [3.05, 3.63) is 34.9 Å². The van der Waals surface area contributed by atoms with Gasteiger partial charge in [-0.1, -0.05) is 23.7 Å². The largest absolute Gasteiger partial charge is 0.364 e. The Balaban J connectivity index is 2.06. The standard InChI is InChI=1S/C16H23ClN2O2/c1-11(2)19(10-12-4-3-5-13(17)8-12)16(20)15-7-6-14(9-18)21-15/h3-5,8,11,14-15H,6-7,9-10,18H2,1-2H3/t14-,15+/m1/s1. The summed E-state index contributed by atoms with van der Waals surface area (Å²) < 4.78 is 5.72. The molecule has 1 saturated heterocycles. The molecular weight excluding hydrogens is 288 g/mol. The third-order valence-corrected chi connectivity index (χ3v) is 4.03. The number of carbonyl (C=O) groups is 1. The molecule has 1 fully saturated rings. The molecule has 0 spiro atoms. The number of hydrogen-bond donors (Lipinski definition) is 1. The lowest BCUT2D eigenvalue weighted by Gasteiger charge is -2.29. The first-order chi connectivity index (χ1) is 10.0. The van der Waals surface area contributed by atoms with Crippen molar-refractivity contribution in [1.82, 2.24) is 4.90 Å². The maximum absolute atomic E-state index is 12.7. The van der Waals surface area contributed by atoms with E-state index in [-0.39, 0.29) is 24.2 Å². The molecule has 0 saturated carbocycles. The van der Waals surface area contributed by atoms with Crippen LogP contribution >= 0.6 is 11.6 Å². The third-order valence-electron chi connectivity index (χ3n) is 3.79. The Bertz CT molecular complexity index is 493. The lowest BCUT2D eigenvalue weighted by Crippen LogP contribution is -2.43. The van der Waals surface area contributed by atoms with Crippen molar-refractivity contribution in [1.29, 1.82) is 0 Å². The number of carbonyl (C=O) groups excluding carboxylic acids is 1. The predicted octanol–water partition coefficient (Wildman–Crippen LogP) is 2.58. The first kappa shape index (κ1) is 16.3. The van der Waals surface area contributed by atoms with Crippen LogP contribution in [0, 0.1) is 0 Å². The molecule has 5 heteroatoms. The van der Waals surface area contributed by atoms with Gasteiger partial charge >= 0.3 is 0 Å². The molecule has 0 bridgehead atoms. The SMILES string of the molecule is CC(C)N(Cc1cccc(Cl)c1)C(=O)[C@@H]1CC[C@H](CN)O1. The van der Waals surface area contributed by atoms with Crippen molar-refractivity contribution in [2.45, 2.75) is 51.5 Å². The Kier molecular flexibility index (Phi) is 5.62. The summed E-state index contributed by atoms with van der Waals surface area (Å²) in [6.07, 6.45) is 1.26. The topological polar surface area (TPSA) is 55.6 Å². The highest BCUT2D eigenvalue weighted by molar-refractivity contribution is 6.30. The van der Waals surface area contributed by atoms with Crippen LogP contribution in [-0.2, 0) is 16.1 Å². The Morgan fingerprint density at radius 3 is 2.81 bits per heavy atom. The van der Waals surface area contributed by atoms with Crippen LogP contribution in [0.5, 0.6) is 0 Å². The average molecular weight is 311 g/mol. The maximum atomic E-state index is 12.7. The van der Waals surface area contributed by atoms with Gasteiger partial charge in [0.25, 0.3) is 5.91 Å². The molecule has 0 radical (unpaired) electrons. The van der Waals surface area contributed by atoms with Crippen molar-refractivity contribution in [2.24, 2.45) is 5.73 Å². The Morgan fingerprint density at radius 1 is 1.48 bits per heavy atom. The molecule has 1 aliphatic rings. The van der Waals surface area contributed by atoms with Gasteiger partial charge in [-0.15, -0.1) is 0 Å². The van der Waals surface area contributed by atoms with Gasteiger partial charge in [-0.05, 0) is 44.4 Å². The van der Waals surface area contributed by atoms with Crippen molar-refractivity contribution < 1.29 is 9.53 Å². The minimum atomic E-state index is -0.361. The average Bonchev–Trinajstić information content (AvgIpc) is 2.93. The van der Waals surface area contributed by atoms with E-state index in [2.05, 4.69) is 0 Å². The van der Waals surface area contributed by atoms with Gasteiger partial charge in [-0.2, -0.15) is 0 Å². The number of ether oxygens (including phenoxy) is 1. The van der Waals surface area contributed by atoms with Crippen LogP contribution in [0.25, 0.3) is 0 Å².